The number of rotatable bonds is 7. The van der Waals surface area contributed by atoms with E-state index < -0.39 is 19.5 Å². The zero-order valence-corrected chi connectivity index (χ0v) is 22.9. The molecule has 1 atom stereocenters. The van der Waals surface area contributed by atoms with Crippen molar-refractivity contribution in [1.82, 2.24) is 4.90 Å². The first-order valence-electron chi connectivity index (χ1n) is 12.7. The highest BCUT2D eigenvalue weighted by Gasteiger charge is 2.37. The van der Waals surface area contributed by atoms with Crippen molar-refractivity contribution in [2.24, 2.45) is 11.1 Å². The van der Waals surface area contributed by atoms with Crippen LogP contribution in [-0.4, -0.2) is 17.0 Å². The van der Waals surface area contributed by atoms with Crippen molar-refractivity contribution in [3.8, 4) is 0 Å². The lowest BCUT2D eigenvalue weighted by Gasteiger charge is -2.39. The highest BCUT2D eigenvalue weighted by molar-refractivity contribution is 7.76. The molecule has 0 spiro atoms. The normalized spacial score (nSPS) is 16.2. The number of allylic oxidation sites excluding steroid dienone is 2. The molecule has 2 aromatic rings. The summed E-state index contributed by atoms with van der Waals surface area (Å²) in [6.07, 6.45) is 9.55. The van der Waals surface area contributed by atoms with E-state index in [2.05, 4.69) is 70.2 Å². The van der Waals surface area contributed by atoms with Gasteiger partial charge in [-0.2, -0.15) is 0 Å². The number of hydrogen-bond donors (Lipinski definition) is 1. The van der Waals surface area contributed by atoms with Gasteiger partial charge < -0.3 is 5.73 Å². The molecule has 2 N–H and O–H groups in total. The summed E-state index contributed by atoms with van der Waals surface area (Å²) in [4.78, 5) is 15.5. The zero-order valence-electron chi connectivity index (χ0n) is 22.0. The molecule has 0 saturated heterocycles. The molecule has 1 amide bonds. The van der Waals surface area contributed by atoms with Crippen LogP contribution in [0.1, 0.15) is 70.7 Å². The summed E-state index contributed by atoms with van der Waals surface area (Å²) < 4.78 is 0. The van der Waals surface area contributed by atoms with E-state index in [9.17, 15) is 4.79 Å². The molecule has 3 nitrogen and oxygen atoms in total. The Bertz CT molecular complexity index is 993. The van der Waals surface area contributed by atoms with Gasteiger partial charge in [0.1, 0.15) is 6.17 Å². The number of amides is 1. The van der Waals surface area contributed by atoms with Gasteiger partial charge in [0.15, 0.2) is 0 Å². The van der Waals surface area contributed by atoms with Gasteiger partial charge in [-0.3, -0.25) is 9.69 Å². The summed E-state index contributed by atoms with van der Waals surface area (Å²) in [5.74, 6) is 0.0628. The van der Waals surface area contributed by atoms with Gasteiger partial charge in [0.05, 0.1) is 5.44 Å². The Morgan fingerprint density at radius 3 is 1.59 bits per heavy atom. The van der Waals surface area contributed by atoms with E-state index in [-0.39, 0.29) is 5.91 Å². The van der Waals surface area contributed by atoms with Crippen LogP contribution in [-0.2, 0) is 30.5 Å². The Hall–Kier alpha value is -2.22. The second-order valence-electron chi connectivity index (χ2n) is 10.1. The predicted octanol–water partition coefficient (Wildman–Crippen LogP) is 5.94. The van der Waals surface area contributed by atoms with Gasteiger partial charge in [-0.15, -0.1) is 0 Å². The van der Waals surface area contributed by atoms with E-state index in [1.165, 1.54) is 32.9 Å². The van der Waals surface area contributed by atoms with E-state index in [0.717, 1.165) is 31.1 Å². The van der Waals surface area contributed by atoms with Crippen LogP contribution in [0.15, 0.2) is 60.1 Å². The number of aryl methyl sites for hydroxylation is 4. The van der Waals surface area contributed by atoms with Crippen molar-refractivity contribution in [1.29, 1.82) is 0 Å². The Morgan fingerprint density at radius 2 is 1.24 bits per heavy atom. The molecule has 0 radical (unpaired) electrons. The second-order valence-corrected chi connectivity index (χ2v) is 12.3. The van der Waals surface area contributed by atoms with Crippen LogP contribution in [0.2, 0.25) is 0 Å². The lowest BCUT2D eigenvalue weighted by molar-refractivity contribution is -0.138. The fourth-order valence-electron chi connectivity index (χ4n) is 4.33. The van der Waals surface area contributed by atoms with Crippen molar-refractivity contribution >= 4 is 24.4 Å². The van der Waals surface area contributed by atoms with Gasteiger partial charge in [0, 0.05) is 13.3 Å². The summed E-state index contributed by atoms with van der Waals surface area (Å²) in [5, 5.41) is 2.59. The van der Waals surface area contributed by atoms with Crippen LogP contribution >= 0.6 is 7.92 Å². The molecule has 0 saturated carbocycles. The lowest BCUT2D eigenvalue weighted by Crippen LogP contribution is -2.49. The monoisotopic (exact) mass is 476 g/mol. The smallest absolute Gasteiger partial charge is 0.233 e. The van der Waals surface area contributed by atoms with E-state index in [1.54, 1.807) is 0 Å². The number of benzene rings is 2. The van der Waals surface area contributed by atoms with Gasteiger partial charge in [0.2, 0.25) is 5.91 Å². The molecule has 4 heteroatoms. The summed E-state index contributed by atoms with van der Waals surface area (Å²) in [5.41, 5.74) is 12.4. The average molecular weight is 477 g/mol. The van der Waals surface area contributed by atoms with Crippen molar-refractivity contribution in [3.63, 3.8) is 0 Å². The van der Waals surface area contributed by atoms with Gasteiger partial charge in [-0.25, -0.2) is 0 Å². The maximum Gasteiger partial charge on any atom is 0.233 e. The lowest BCUT2D eigenvalue weighted by atomic mass is 9.94. The SMILES string of the molecule is CCc1cc(CC)cc(P(C2=CC=CC(N)N2C(=O)C(C)(C)C)c2cc(CC)cc(CC)c2)c1. The topological polar surface area (TPSA) is 46.3 Å². The molecule has 3 rings (SSSR count). The highest BCUT2D eigenvalue weighted by atomic mass is 31.1. The van der Waals surface area contributed by atoms with Crippen molar-refractivity contribution in [2.45, 2.75) is 80.3 Å². The molecule has 0 fully saturated rings. The average Bonchev–Trinajstić information content (AvgIpc) is 2.82. The first-order chi connectivity index (χ1) is 16.1. The highest BCUT2D eigenvalue weighted by Crippen LogP contribution is 2.48. The van der Waals surface area contributed by atoms with Crippen LogP contribution in [0.4, 0.5) is 0 Å². The fraction of sp³-hybridized carbons (Fsp3) is 0.433. The van der Waals surface area contributed by atoms with Crippen LogP contribution in [0.5, 0.6) is 0 Å². The van der Waals surface area contributed by atoms with E-state index >= 15 is 0 Å². The van der Waals surface area contributed by atoms with E-state index in [0.29, 0.717) is 0 Å². The number of hydrogen-bond acceptors (Lipinski definition) is 2. The zero-order chi connectivity index (χ0) is 25.0. The largest absolute Gasteiger partial charge is 0.308 e. The molecule has 182 valence electrons. The van der Waals surface area contributed by atoms with E-state index in [1.807, 2.05) is 37.8 Å². The minimum Gasteiger partial charge on any atom is -0.308 e. The molecular formula is C30H41N2OP. The Balaban J connectivity index is 2.31. The molecule has 0 bridgehead atoms. The van der Waals surface area contributed by atoms with Crippen LogP contribution < -0.4 is 16.3 Å². The number of nitrogens with zero attached hydrogens (tertiary/aromatic N) is 1. The van der Waals surface area contributed by atoms with Crippen molar-refractivity contribution in [3.05, 3.63) is 82.3 Å². The van der Waals surface area contributed by atoms with Gasteiger partial charge in [0.25, 0.3) is 0 Å². The molecule has 1 heterocycles. The minimum atomic E-state index is -0.967. The van der Waals surface area contributed by atoms with Crippen LogP contribution in [0.25, 0.3) is 0 Å². The third kappa shape index (κ3) is 5.70. The van der Waals surface area contributed by atoms with Crippen molar-refractivity contribution in [2.75, 3.05) is 0 Å². The molecule has 1 aliphatic rings. The number of carbonyl (C=O) groups is 1. The molecule has 0 aromatic heterocycles. The molecule has 1 unspecified atom stereocenters. The maximum atomic E-state index is 13.7. The van der Waals surface area contributed by atoms with Gasteiger partial charge in [-0.05, 0) is 70.7 Å². The predicted molar refractivity (Wildman–Crippen MR) is 148 cm³/mol. The molecule has 1 aliphatic heterocycles. The quantitative estimate of drug-likeness (QED) is 0.503. The molecular weight excluding hydrogens is 435 g/mol. The Labute approximate surface area is 207 Å². The molecule has 0 aliphatic carbocycles. The first kappa shape index (κ1) is 26.4. The summed E-state index contributed by atoms with van der Waals surface area (Å²) in [6, 6.07) is 14.0. The first-order valence-corrected chi connectivity index (χ1v) is 14.0. The Morgan fingerprint density at radius 1 is 0.824 bits per heavy atom. The van der Waals surface area contributed by atoms with Gasteiger partial charge >= 0.3 is 0 Å². The number of nitrogens with two attached hydrogens (primary N) is 1. The number of carbonyl (C=O) groups excluding carboxylic acids is 1. The summed E-state index contributed by atoms with van der Waals surface area (Å²) >= 11 is 0. The molecule has 34 heavy (non-hydrogen) atoms. The Kier molecular flexibility index (Phi) is 8.55. The third-order valence-electron chi connectivity index (χ3n) is 6.41. The summed E-state index contributed by atoms with van der Waals surface area (Å²) in [7, 11) is -0.967. The minimum absolute atomic E-state index is 0.0628. The third-order valence-corrected chi connectivity index (χ3v) is 8.78. The summed E-state index contributed by atoms with van der Waals surface area (Å²) in [6.45, 7) is 14.8. The fourth-order valence-corrected chi connectivity index (χ4v) is 7.01. The molecule has 2 aromatic carbocycles. The van der Waals surface area contributed by atoms with Crippen molar-refractivity contribution < 1.29 is 4.79 Å². The second kappa shape index (κ2) is 11.0. The van der Waals surface area contributed by atoms with Crippen LogP contribution in [0, 0.1) is 5.41 Å². The maximum absolute atomic E-state index is 13.7. The van der Waals surface area contributed by atoms with Gasteiger partial charge in [-0.1, -0.05) is 90.9 Å². The van der Waals surface area contributed by atoms with Crippen LogP contribution in [0.3, 0.4) is 0 Å². The standard InChI is InChI=1S/C30H41N2OP/c1-8-21-15-22(9-2)18-25(17-21)34(26-19-23(10-3)16-24(11-4)20-26)28-14-12-13-27(31)32(28)29(33)30(5,6)7/h12-20,27H,8-11,31H2,1-7H3. The van der Waals surface area contributed by atoms with E-state index in [4.69, 9.17) is 5.73 Å².